The van der Waals surface area contributed by atoms with Crippen LogP contribution in [0.5, 0.6) is 0 Å². The summed E-state index contributed by atoms with van der Waals surface area (Å²) in [6.07, 6.45) is 0.965. The van der Waals surface area contributed by atoms with Gasteiger partial charge in [-0.2, -0.15) is 5.10 Å². The van der Waals surface area contributed by atoms with Gasteiger partial charge >= 0.3 is 0 Å². The number of morpholine rings is 1. The molecule has 1 saturated heterocycles. The van der Waals surface area contributed by atoms with Gasteiger partial charge < -0.3 is 9.64 Å². The molecule has 1 aromatic carbocycles. The third kappa shape index (κ3) is 3.90. The summed E-state index contributed by atoms with van der Waals surface area (Å²) in [5.41, 5.74) is 4.15. The van der Waals surface area contributed by atoms with Crippen molar-refractivity contribution in [1.29, 1.82) is 0 Å². The van der Waals surface area contributed by atoms with E-state index in [0.717, 1.165) is 22.5 Å². The van der Waals surface area contributed by atoms with E-state index in [2.05, 4.69) is 5.10 Å². The lowest BCUT2D eigenvalue weighted by molar-refractivity contribution is -0.139. The van der Waals surface area contributed by atoms with E-state index < -0.39 is 0 Å². The van der Waals surface area contributed by atoms with Gasteiger partial charge in [-0.15, -0.1) is 0 Å². The largest absolute Gasteiger partial charge is 0.370 e. The Labute approximate surface area is 147 Å². The molecule has 134 valence electrons. The van der Waals surface area contributed by atoms with Gasteiger partial charge in [-0.1, -0.05) is 12.1 Å². The Balaban J connectivity index is 1.61. The molecule has 0 radical (unpaired) electrons. The molecule has 0 bridgehead atoms. The molecule has 0 saturated carbocycles. The first-order valence-corrected chi connectivity index (χ1v) is 8.59. The standard InChI is InChI=1S/C19H24FN3O2/c1-13-17(14(2)22(3)21-13)8-9-19(24)23-10-11-25-18(12-23)15-4-6-16(20)7-5-15/h4-7,18H,8-12H2,1-3H3/t18-/m1/s1. The molecule has 0 unspecified atom stereocenters. The van der Waals surface area contributed by atoms with Gasteiger partial charge in [0.15, 0.2) is 0 Å². The Morgan fingerprint density at radius 2 is 2.04 bits per heavy atom. The van der Waals surface area contributed by atoms with Crippen molar-refractivity contribution in [3.8, 4) is 0 Å². The highest BCUT2D eigenvalue weighted by Crippen LogP contribution is 2.23. The lowest BCUT2D eigenvalue weighted by Crippen LogP contribution is -2.42. The molecule has 2 aromatic rings. The molecule has 1 aliphatic heterocycles. The molecule has 0 aliphatic carbocycles. The number of aryl methyl sites for hydroxylation is 2. The van der Waals surface area contributed by atoms with Crippen LogP contribution in [0.4, 0.5) is 4.39 Å². The second kappa shape index (κ2) is 7.35. The Kier molecular flexibility index (Phi) is 5.18. The van der Waals surface area contributed by atoms with Crippen LogP contribution in [-0.4, -0.2) is 40.3 Å². The third-order valence-corrected chi connectivity index (χ3v) is 4.91. The number of hydrogen-bond acceptors (Lipinski definition) is 3. The minimum absolute atomic E-state index is 0.123. The van der Waals surface area contributed by atoms with Gasteiger partial charge in [-0.05, 0) is 43.5 Å². The Morgan fingerprint density at radius 3 is 2.68 bits per heavy atom. The maximum absolute atomic E-state index is 13.1. The number of hydrogen-bond donors (Lipinski definition) is 0. The Bertz CT molecular complexity index is 755. The third-order valence-electron chi connectivity index (χ3n) is 4.91. The SMILES string of the molecule is Cc1nn(C)c(C)c1CCC(=O)N1CCO[C@@H](c2ccc(F)cc2)C1. The fraction of sp³-hybridized carbons (Fsp3) is 0.474. The molecule has 5 nitrogen and oxygen atoms in total. The average molecular weight is 345 g/mol. The van der Waals surface area contributed by atoms with E-state index in [9.17, 15) is 9.18 Å². The van der Waals surface area contributed by atoms with E-state index in [1.807, 2.05) is 30.5 Å². The van der Waals surface area contributed by atoms with Crippen LogP contribution < -0.4 is 0 Å². The van der Waals surface area contributed by atoms with Crippen LogP contribution in [-0.2, 0) is 23.0 Å². The molecule has 0 spiro atoms. The highest BCUT2D eigenvalue weighted by atomic mass is 19.1. The first-order valence-electron chi connectivity index (χ1n) is 8.59. The molecule has 1 atom stereocenters. The van der Waals surface area contributed by atoms with Crippen molar-refractivity contribution in [1.82, 2.24) is 14.7 Å². The number of benzene rings is 1. The summed E-state index contributed by atoms with van der Waals surface area (Å²) in [4.78, 5) is 14.5. The number of amides is 1. The summed E-state index contributed by atoms with van der Waals surface area (Å²) in [6, 6.07) is 6.29. The first kappa shape index (κ1) is 17.6. The van der Waals surface area contributed by atoms with E-state index in [-0.39, 0.29) is 17.8 Å². The maximum atomic E-state index is 13.1. The molecule has 0 N–H and O–H groups in total. The lowest BCUT2D eigenvalue weighted by atomic mass is 10.1. The average Bonchev–Trinajstić information content (AvgIpc) is 2.85. The summed E-state index contributed by atoms with van der Waals surface area (Å²) < 4.78 is 20.7. The van der Waals surface area contributed by atoms with Crippen molar-refractivity contribution < 1.29 is 13.9 Å². The van der Waals surface area contributed by atoms with Crippen LogP contribution in [0.25, 0.3) is 0 Å². The number of carbonyl (C=O) groups excluding carboxylic acids is 1. The molecule has 1 amide bonds. The van der Waals surface area contributed by atoms with Crippen molar-refractivity contribution in [2.75, 3.05) is 19.7 Å². The second-order valence-electron chi connectivity index (χ2n) is 6.52. The van der Waals surface area contributed by atoms with Gasteiger partial charge in [0.25, 0.3) is 0 Å². The molecule has 1 fully saturated rings. The van der Waals surface area contributed by atoms with Crippen molar-refractivity contribution >= 4 is 5.91 Å². The number of halogens is 1. The minimum atomic E-state index is -0.269. The number of rotatable bonds is 4. The predicted molar refractivity (Wildman–Crippen MR) is 92.7 cm³/mol. The van der Waals surface area contributed by atoms with Gasteiger partial charge in [-0.25, -0.2) is 4.39 Å². The van der Waals surface area contributed by atoms with Crippen molar-refractivity contribution in [3.05, 3.63) is 52.6 Å². The monoisotopic (exact) mass is 345 g/mol. The fourth-order valence-electron chi connectivity index (χ4n) is 3.32. The van der Waals surface area contributed by atoms with Crippen LogP contribution >= 0.6 is 0 Å². The summed E-state index contributed by atoms with van der Waals surface area (Å²) >= 11 is 0. The molecule has 3 rings (SSSR count). The summed E-state index contributed by atoms with van der Waals surface area (Å²) in [5.74, 6) is -0.146. The summed E-state index contributed by atoms with van der Waals surface area (Å²) in [5, 5.41) is 4.40. The minimum Gasteiger partial charge on any atom is -0.370 e. The zero-order chi connectivity index (χ0) is 18.0. The summed E-state index contributed by atoms with van der Waals surface area (Å²) in [7, 11) is 1.92. The van der Waals surface area contributed by atoms with E-state index in [4.69, 9.17) is 4.74 Å². The van der Waals surface area contributed by atoms with Crippen molar-refractivity contribution in [2.45, 2.75) is 32.8 Å². The van der Waals surface area contributed by atoms with E-state index >= 15 is 0 Å². The van der Waals surface area contributed by atoms with Gasteiger partial charge in [0.2, 0.25) is 5.91 Å². The Morgan fingerprint density at radius 1 is 1.32 bits per heavy atom. The van der Waals surface area contributed by atoms with Crippen LogP contribution in [0, 0.1) is 19.7 Å². The highest BCUT2D eigenvalue weighted by molar-refractivity contribution is 5.76. The molecule has 6 heteroatoms. The molecule has 2 heterocycles. The van der Waals surface area contributed by atoms with Crippen LogP contribution in [0.1, 0.15) is 35.0 Å². The number of carbonyl (C=O) groups is 1. The van der Waals surface area contributed by atoms with Gasteiger partial charge in [0, 0.05) is 25.7 Å². The predicted octanol–water partition coefficient (Wildman–Crippen LogP) is 2.71. The van der Waals surface area contributed by atoms with E-state index in [0.29, 0.717) is 32.5 Å². The zero-order valence-electron chi connectivity index (χ0n) is 15.0. The highest BCUT2D eigenvalue weighted by Gasteiger charge is 2.25. The van der Waals surface area contributed by atoms with Crippen LogP contribution in [0.15, 0.2) is 24.3 Å². The van der Waals surface area contributed by atoms with Crippen molar-refractivity contribution in [2.24, 2.45) is 7.05 Å². The Hall–Kier alpha value is -2.21. The number of nitrogens with zero attached hydrogens (tertiary/aromatic N) is 3. The molecule has 1 aromatic heterocycles. The molecule has 1 aliphatic rings. The smallest absolute Gasteiger partial charge is 0.223 e. The van der Waals surface area contributed by atoms with Gasteiger partial charge in [0.05, 0.1) is 18.8 Å². The topological polar surface area (TPSA) is 47.4 Å². The number of ether oxygens (including phenoxy) is 1. The fourth-order valence-corrected chi connectivity index (χ4v) is 3.32. The van der Waals surface area contributed by atoms with E-state index in [1.165, 1.54) is 12.1 Å². The van der Waals surface area contributed by atoms with E-state index in [1.54, 1.807) is 12.1 Å². The molecular formula is C19H24FN3O2. The number of aromatic nitrogens is 2. The normalized spacial score (nSPS) is 17.8. The lowest BCUT2D eigenvalue weighted by Gasteiger charge is -2.33. The van der Waals surface area contributed by atoms with Crippen molar-refractivity contribution in [3.63, 3.8) is 0 Å². The molecular weight excluding hydrogens is 321 g/mol. The second-order valence-corrected chi connectivity index (χ2v) is 6.52. The molecule has 25 heavy (non-hydrogen) atoms. The quantitative estimate of drug-likeness (QED) is 0.856. The first-order chi connectivity index (χ1) is 12.0. The zero-order valence-corrected chi connectivity index (χ0v) is 15.0. The van der Waals surface area contributed by atoms with Crippen LogP contribution in [0.3, 0.4) is 0 Å². The van der Waals surface area contributed by atoms with Gasteiger partial charge in [0.1, 0.15) is 11.9 Å². The van der Waals surface area contributed by atoms with Crippen LogP contribution in [0.2, 0.25) is 0 Å². The summed E-state index contributed by atoms with van der Waals surface area (Å²) in [6.45, 7) is 5.61. The van der Waals surface area contributed by atoms with Gasteiger partial charge in [-0.3, -0.25) is 9.48 Å². The maximum Gasteiger partial charge on any atom is 0.223 e.